The van der Waals surface area contributed by atoms with Crippen molar-refractivity contribution >= 4 is 5.78 Å². The number of rotatable bonds is 0. The van der Waals surface area contributed by atoms with E-state index in [1.54, 1.807) is 6.20 Å². The van der Waals surface area contributed by atoms with Gasteiger partial charge in [-0.25, -0.2) is 0 Å². The van der Waals surface area contributed by atoms with E-state index in [-0.39, 0.29) is 5.78 Å². The van der Waals surface area contributed by atoms with Crippen LogP contribution in [0.15, 0.2) is 18.3 Å². The van der Waals surface area contributed by atoms with E-state index in [0.29, 0.717) is 13.0 Å². The summed E-state index contributed by atoms with van der Waals surface area (Å²) < 4.78 is 5.67. The zero-order valence-corrected chi connectivity index (χ0v) is 7.82. The van der Waals surface area contributed by atoms with Crippen LogP contribution in [0.2, 0.25) is 0 Å². The molecule has 0 saturated heterocycles. The molecule has 1 unspecified atom stereocenters. The van der Waals surface area contributed by atoms with E-state index in [0.717, 1.165) is 24.1 Å². The van der Waals surface area contributed by atoms with Gasteiger partial charge in [-0.15, -0.1) is 0 Å². The van der Waals surface area contributed by atoms with Crippen LogP contribution in [0.1, 0.15) is 30.5 Å². The molecule has 2 aliphatic rings. The first-order chi connectivity index (χ1) is 6.83. The summed E-state index contributed by atoms with van der Waals surface area (Å²) in [6, 6.07) is 3.88. The van der Waals surface area contributed by atoms with Crippen molar-refractivity contribution in [2.75, 3.05) is 0 Å². The minimum Gasteiger partial charge on any atom is -0.356 e. The fraction of sp³-hybridized carbons (Fsp3) is 0.455. The van der Waals surface area contributed by atoms with E-state index in [1.165, 1.54) is 0 Å². The third-order valence-electron chi connectivity index (χ3n) is 3.13. The van der Waals surface area contributed by atoms with Crippen LogP contribution in [0.3, 0.4) is 0 Å². The smallest absolute Gasteiger partial charge is 0.170 e. The number of hydrogen-bond donors (Lipinski definition) is 0. The van der Waals surface area contributed by atoms with E-state index < -0.39 is 5.60 Å². The van der Waals surface area contributed by atoms with Gasteiger partial charge in [0.15, 0.2) is 11.4 Å². The molecule has 3 heteroatoms. The van der Waals surface area contributed by atoms with Crippen molar-refractivity contribution in [2.24, 2.45) is 0 Å². The largest absolute Gasteiger partial charge is 0.356 e. The molecule has 1 spiro atoms. The van der Waals surface area contributed by atoms with E-state index in [9.17, 15) is 4.79 Å². The molecule has 1 saturated carbocycles. The molecule has 3 rings (SSSR count). The van der Waals surface area contributed by atoms with Crippen LogP contribution in [0.25, 0.3) is 0 Å². The summed E-state index contributed by atoms with van der Waals surface area (Å²) in [7, 11) is 0. The number of Topliss-reactive ketones (excluding diaryl/α,β-unsaturated/α-hetero) is 1. The highest BCUT2D eigenvalue weighted by Crippen LogP contribution is 2.44. The normalized spacial score (nSPS) is 29.9. The number of nitrogens with zero attached hydrogens (tertiary/aromatic N) is 1. The highest BCUT2D eigenvalue weighted by atomic mass is 16.5. The van der Waals surface area contributed by atoms with E-state index >= 15 is 0 Å². The minimum atomic E-state index is -0.670. The molecule has 1 atom stereocenters. The highest BCUT2D eigenvalue weighted by Gasteiger charge is 2.50. The maximum atomic E-state index is 11.8. The molecule has 1 aliphatic carbocycles. The number of ketones is 1. The molecule has 0 aromatic carbocycles. The van der Waals surface area contributed by atoms with Gasteiger partial charge in [0.2, 0.25) is 0 Å². The Morgan fingerprint density at radius 3 is 3.21 bits per heavy atom. The molecular weight excluding hydrogens is 178 g/mol. The molecule has 72 valence electrons. The van der Waals surface area contributed by atoms with Crippen molar-refractivity contribution in [3.05, 3.63) is 29.6 Å². The van der Waals surface area contributed by atoms with Crippen molar-refractivity contribution in [1.29, 1.82) is 0 Å². The SMILES string of the molecule is O=C1CCCC12OCc1cccnc12. The molecule has 0 N–H and O–H groups in total. The van der Waals surface area contributed by atoms with Crippen LogP contribution in [-0.2, 0) is 21.7 Å². The monoisotopic (exact) mass is 189 g/mol. The fourth-order valence-corrected chi connectivity index (χ4v) is 2.43. The Kier molecular flexibility index (Phi) is 1.53. The fourth-order valence-electron chi connectivity index (χ4n) is 2.43. The van der Waals surface area contributed by atoms with Gasteiger partial charge in [0.05, 0.1) is 12.3 Å². The van der Waals surface area contributed by atoms with Gasteiger partial charge in [0.1, 0.15) is 0 Å². The first kappa shape index (κ1) is 8.12. The van der Waals surface area contributed by atoms with Crippen LogP contribution in [0.4, 0.5) is 0 Å². The van der Waals surface area contributed by atoms with Crippen molar-refractivity contribution in [3.8, 4) is 0 Å². The van der Waals surface area contributed by atoms with Gasteiger partial charge in [0, 0.05) is 18.2 Å². The van der Waals surface area contributed by atoms with Crippen LogP contribution in [0, 0.1) is 0 Å². The van der Waals surface area contributed by atoms with Crippen molar-refractivity contribution in [1.82, 2.24) is 4.98 Å². The molecule has 1 aromatic rings. The zero-order chi connectivity index (χ0) is 9.60. The number of ether oxygens (including phenoxy) is 1. The summed E-state index contributed by atoms with van der Waals surface area (Å²) in [6.45, 7) is 0.537. The summed E-state index contributed by atoms with van der Waals surface area (Å²) in [5.74, 6) is 0.204. The van der Waals surface area contributed by atoms with Gasteiger partial charge in [0.25, 0.3) is 0 Å². The van der Waals surface area contributed by atoms with Gasteiger partial charge >= 0.3 is 0 Å². The topological polar surface area (TPSA) is 39.2 Å². The Balaban J connectivity index is 2.17. The lowest BCUT2D eigenvalue weighted by molar-refractivity contribution is -0.140. The lowest BCUT2D eigenvalue weighted by atomic mass is 9.95. The summed E-state index contributed by atoms with van der Waals surface area (Å²) in [5.41, 5.74) is 1.27. The molecule has 1 aromatic heterocycles. The first-order valence-electron chi connectivity index (χ1n) is 4.94. The van der Waals surface area contributed by atoms with E-state index in [2.05, 4.69) is 4.98 Å². The Bertz CT molecular complexity index is 402. The van der Waals surface area contributed by atoms with Gasteiger partial charge in [-0.2, -0.15) is 0 Å². The number of carbonyl (C=O) groups excluding carboxylic acids is 1. The van der Waals surface area contributed by atoms with Crippen molar-refractivity contribution < 1.29 is 9.53 Å². The second-order valence-corrected chi connectivity index (χ2v) is 3.90. The summed E-state index contributed by atoms with van der Waals surface area (Å²) in [4.78, 5) is 16.1. The third kappa shape index (κ3) is 0.852. The summed E-state index contributed by atoms with van der Waals surface area (Å²) in [5, 5.41) is 0. The second-order valence-electron chi connectivity index (χ2n) is 3.90. The maximum Gasteiger partial charge on any atom is 0.170 e. The molecule has 14 heavy (non-hydrogen) atoms. The van der Waals surface area contributed by atoms with Crippen LogP contribution in [0.5, 0.6) is 0 Å². The predicted octanol–water partition coefficient (Wildman–Crippen LogP) is 1.56. The maximum absolute atomic E-state index is 11.8. The van der Waals surface area contributed by atoms with Crippen LogP contribution >= 0.6 is 0 Å². The minimum absolute atomic E-state index is 0.204. The average molecular weight is 189 g/mol. The summed E-state index contributed by atoms with van der Waals surface area (Å²) >= 11 is 0. The first-order valence-corrected chi connectivity index (χ1v) is 4.94. The van der Waals surface area contributed by atoms with E-state index in [4.69, 9.17) is 4.74 Å². The molecule has 1 fully saturated rings. The third-order valence-corrected chi connectivity index (χ3v) is 3.13. The number of pyridine rings is 1. The lowest BCUT2D eigenvalue weighted by Crippen LogP contribution is -2.30. The molecule has 2 heterocycles. The molecule has 0 radical (unpaired) electrons. The average Bonchev–Trinajstić information content (AvgIpc) is 2.76. The van der Waals surface area contributed by atoms with Gasteiger partial charge in [-0.05, 0) is 18.9 Å². The molecule has 0 bridgehead atoms. The van der Waals surface area contributed by atoms with Gasteiger partial charge in [-0.3, -0.25) is 9.78 Å². The number of carbonyl (C=O) groups is 1. The summed E-state index contributed by atoms with van der Waals surface area (Å²) in [6.07, 6.45) is 4.10. The Morgan fingerprint density at radius 1 is 1.50 bits per heavy atom. The highest BCUT2D eigenvalue weighted by molar-refractivity contribution is 5.90. The predicted molar refractivity (Wildman–Crippen MR) is 49.6 cm³/mol. The Hall–Kier alpha value is -1.22. The number of fused-ring (bicyclic) bond motifs is 2. The molecule has 0 amide bonds. The quantitative estimate of drug-likeness (QED) is 0.621. The standard InChI is InChI=1S/C11H11NO2/c13-9-4-1-5-11(9)10-8(7-14-11)3-2-6-12-10/h2-3,6H,1,4-5,7H2. The van der Waals surface area contributed by atoms with Crippen molar-refractivity contribution in [3.63, 3.8) is 0 Å². The molecule has 1 aliphatic heterocycles. The Labute approximate surface area is 82.1 Å². The van der Waals surface area contributed by atoms with Crippen molar-refractivity contribution in [2.45, 2.75) is 31.5 Å². The Morgan fingerprint density at radius 2 is 2.43 bits per heavy atom. The number of hydrogen-bond acceptors (Lipinski definition) is 3. The van der Waals surface area contributed by atoms with Crippen LogP contribution < -0.4 is 0 Å². The molecule has 3 nitrogen and oxygen atoms in total. The number of aromatic nitrogens is 1. The van der Waals surface area contributed by atoms with Gasteiger partial charge < -0.3 is 4.74 Å². The second kappa shape index (κ2) is 2.64. The van der Waals surface area contributed by atoms with Crippen LogP contribution in [-0.4, -0.2) is 10.8 Å². The molecular formula is C11H11NO2. The lowest BCUT2D eigenvalue weighted by Gasteiger charge is -2.20. The van der Waals surface area contributed by atoms with Gasteiger partial charge in [-0.1, -0.05) is 6.07 Å². The van der Waals surface area contributed by atoms with E-state index in [1.807, 2.05) is 12.1 Å². The zero-order valence-electron chi connectivity index (χ0n) is 7.82.